The lowest BCUT2D eigenvalue weighted by Gasteiger charge is -2.16. The molecule has 0 radical (unpaired) electrons. The number of hydrogen-bond acceptors (Lipinski definition) is 2. The third kappa shape index (κ3) is 3.64. The summed E-state index contributed by atoms with van der Waals surface area (Å²) in [7, 11) is 0. The van der Waals surface area contributed by atoms with Crippen molar-refractivity contribution in [3.05, 3.63) is 63.7 Å². The average Bonchev–Trinajstić information content (AvgIpc) is 2.41. The Morgan fingerprint density at radius 2 is 1.48 bits per heavy atom. The Labute approximate surface area is 127 Å². The number of hydrogen-bond donors (Lipinski definition) is 1. The molecule has 2 heteroatoms. The first-order chi connectivity index (χ1) is 10.0. The Kier molecular flexibility index (Phi) is 5.03. The van der Waals surface area contributed by atoms with Crippen molar-refractivity contribution < 1.29 is 4.74 Å². The highest BCUT2D eigenvalue weighted by Gasteiger charge is 2.09. The predicted molar refractivity (Wildman–Crippen MR) is 88.9 cm³/mol. The molecule has 0 heterocycles. The van der Waals surface area contributed by atoms with E-state index in [0.29, 0.717) is 13.2 Å². The van der Waals surface area contributed by atoms with E-state index < -0.39 is 0 Å². The van der Waals surface area contributed by atoms with E-state index in [-0.39, 0.29) is 0 Å². The smallest absolute Gasteiger partial charge is 0.125 e. The lowest BCUT2D eigenvalue weighted by Crippen LogP contribution is -2.06. The van der Waals surface area contributed by atoms with Gasteiger partial charge in [0, 0.05) is 0 Å². The Morgan fingerprint density at radius 3 is 2.00 bits per heavy atom. The van der Waals surface area contributed by atoms with Gasteiger partial charge in [-0.3, -0.25) is 0 Å². The molecule has 0 fully saturated rings. The Balaban J connectivity index is 2.21. The molecule has 0 aliphatic rings. The predicted octanol–water partition coefficient (Wildman–Crippen LogP) is 4.00. The molecule has 21 heavy (non-hydrogen) atoms. The zero-order valence-electron chi connectivity index (χ0n) is 13.5. The number of nitrogens with two attached hydrogens (primary N) is 1. The summed E-state index contributed by atoms with van der Waals surface area (Å²) < 4.78 is 6.12. The van der Waals surface area contributed by atoms with Crippen molar-refractivity contribution in [2.45, 2.75) is 40.7 Å². The van der Waals surface area contributed by atoms with Gasteiger partial charge >= 0.3 is 0 Å². The topological polar surface area (TPSA) is 35.2 Å². The van der Waals surface area contributed by atoms with E-state index in [1.54, 1.807) is 0 Å². The molecular weight excluding hydrogens is 258 g/mol. The molecule has 0 aromatic heterocycles. The van der Waals surface area contributed by atoms with Crippen LogP contribution >= 0.6 is 0 Å². The van der Waals surface area contributed by atoms with Gasteiger partial charge in [-0.25, -0.2) is 0 Å². The second-order valence-corrected chi connectivity index (χ2v) is 5.76. The van der Waals surface area contributed by atoms with Crippen molar-refractivity contribution in [3.8, 4) is 5.75 Å². The summed E-state index contributed by atoms with van der Waals surface area (Å²) in [5.74, 6) is 0.999. The molecule has 0 saturated heterocycles. The highest BCUT2D eigenvalue weighted by atomic mass is 16.5. The minimum atomic E-state index is 0.621. The van der Waals surface area contributed by atoms with Gasteiger partial charge in [0.15, 0.2) is 0 Å². The van der Waals surface area contributed by atoms with E-state index in [4.69, 9.17) is 10.5 Å². The first kappa shape index (κ1) is 15.6. The lowest BCUT2D eigenvalue weighted by molar-refractivity contribution is 0.300. The van der Waals surface area contributed by atoms with Crippen LogP contribution in [0.4, 0.5) is 0 Å². The molecule has 0 atom stereocenters. The lowest BCUT2D eigenvalue weighted by atomic mass is 10.0. The maximum atomic E-state index is 6.12. The Morgan fingerprint density at radius 1 is 0.905 bits per heavy atom. The highest BCUT2D eigenvalue weighted by Crippen LogP contribution is 2.27. The number of rotatable bonds is 5. The van der Waals surface area contributed by atoms with Crippen molar-refractivity contribution in [3.63, 3.8) is 0 Å². The van der Waals surface area contributed by atoms with Gasteiger partial charge in [-0.1, -0.05) is 30.3 Å². The van der Waals surface area contributed by atoms with Gasteiger partial charge in [0.25, 0.3) is 0 Å². The quantitative estimate of drug-likeness (QED) is 0.900. The third-order valence-electron chi connectivity index (χ3n) is 3.96. The van der Waals surface area contributed by atoms with Crippen LogP contribution in [-0.2, 0) is 13.0 Å². The molecule has 0 aliphatic heterocycles. The monoisotopic (exact) mass is 283 g/mol. The fraction of sp³-hybridized carbons (Fsp3) is 0.368. The maximum Gasteiger partial charge on any atom is 0.125 e. The molecule has 0 unspecified atom stereocenters. The minimum absolute atomic E-state index is 0.621. The average molecular weight is 283 g/mol. The van der Waals surface area contributed by atoms with Gasteiger partial charge in [0.2, 0.25) is 0 Å². The fourth-order valence-corrected chi connectivity index (χ4v) is 2.80. The molecule has 0 spiro atoms. The minimum Gasteiger partial charge on any atom is -0.488 e. The molecule has 2 aromatic carbocycles. The van der Waals surface area contributed by atoms with Crippen molar-refractivity contribution in [2.24, 2.45) is 5.73 Å². The summed E-state index contributed by atoms with van der Waals surface area (Å²) in [6.07, 6.45) is 0.916. The van der Waals surface area contributed by atoms with Gasteiger partial charge in [0.05, 0.1) is 0 Å². The van der Waals surface area contributed by atoms with Gasteiger partial charge < -0.3 is 10.5 Å². The summed E-state index contributed by atoms with van der Waals surface area (Å²) >= 11 is 0. The van der Waals surface area contributed by atoms with E-state index >= 15 is 0 Å². The standard InChI is InChI=1S/C19H25NO/c1-13-6-5-7-14(2)18(13)12-21-19-15(3)10-17(8-9-20)11-16(19)4/h5-7,10-11H,8-9,12,20H2,1-4H3. The zero-order valence-corrected chi connectivity index (χ0v) is 13.5. The van der Waals surface area contributed by atoms with Gasteiger partial charge in [-0.2, -0.15) is 0 Å². The second kappa shape index (κ2) is 6.77. The van der Waals surface area contributed by atoms with Crippen LogP contribution in [0, 0.1) is 27.7 Å². The molecular formula is C19H25NO. The Hall–Kier alpha value is -1.80. The van der Waals surface area contributed by atoms with E-state index in [2.05, 4.69) is 58.0 Å². The summed E-state index contributed by atoms with van der Waals surface area (Å²) in [5, 5.41) is 0. The second-order valence-electron chi connectivity index (χ2n) is 5.76. The van der Waals surface area contributed by atoms with Crippen LogP contribution in [0.25, 0.3) is 0 Å². The molecule has 112 valence electrons. The van der Waals surface area contributed by atoms with Gasteiger partial charge in [-0.15, -0.1) is 0 Å². The summed E-state index contributed by atoms with van der Waals surface area (Å²) in [6, 6.07) is 10.7. The van der Waals surface area contributed by atoms with Crippen LogP contribution in [0.5, 0.6) is 5.75 Å². The maximum absolute atomic E-state index is 6.12. The molecule has 2 nitrogen and oxygen atoms in total. The van der Waals surface area contributed by atoms with Gasteiger partial charge in [0.1, 0.15) is 12.4 Å². The molecule has 0 amide bonds. The van der Waals surface area contributed by atoms with Crippen molar-refractivity contribution in [1.82, 2.24) is 0 Å². The van der Waals surface area contributed by atoms with Crippen molar-refractivity contribution in [2.75, 3.05) is 6.54 Å². The van der Waals surface area contributed by atoms with Crippen LogP contribution in [0.15, 0.2) is 30.3 Å². The van der Waals surface area contributed by atoms with Crippen molar-refractivity contribution in [1.29, 1.82) is 0 Å². The summed E-state index contributed by atoms with van der Waals surface area (Å²) in [6.45, 7) is 9.78. The first-order valence-corrected chi connectivity index (χ1v) is 7.51. The molecule has 0 bridgehead atoms. The SMILES string of the molecule is Cc1cccc(C)c1COc1c(C)cc(CCN)cc1C. The molecule has 0 saturated carbocycles. The van der Waals surface area contributed by atoms with E-state index in [1.165, 1.54) is 33.4 Å². The summed E-state index contributed by atoms with van der Waals surface area (Å²) in [4.78, 5) is 0. The van der Waals surface area contributed by atoms with Crippen LogP contribution in [0.1, 0.15) is 33.4 Å². The number of ether oxygens (including phenoxy) is 1. The van der Waals surface area contributed by atoms with E-state index in [9.17, 15) is 0 Å². The molecule has 2 N–H and O–H groups in total. The molecule has 2 rings (SSSR count). The Bertz CT molecular complexity index is 588. The summed E-state index contributed by atoms with van der Waals surface area (Å²) in [5.41, 5.74) is 13.1. The fourth-order valence-electron chi connectivity index (χ4n) is 2.80. The molecule has 0 aliphatic carbocycles. The zero-order chi connectivity index (χ0) is 15.4. The van der Waals surface area contributed by atoms with E-state index in [0.717, 1.165) is 12.2 Å². The van der Waals surface area contributed by atoms with E-state index in [1.807, 2.05) is 0 Å². The normalized spacial score (nSPS) is 10.7. The number of aryl methyl sites for hydroxylation is 4. The first-order valence-electron chi connectivity index (χ1n) is 7.51. The molecule has 2 aromatic rings. The van der Waals surface area contributed by atoms with Crippen LogP contribution in [0.2, 0.25) is 0 Å². The van der Waals surface area contributed by atoms with Crippen molar-refractivity contribution >= 4 is 0 Å². The third-order valence-corrected chi connectivity index (χ3v) is 3.96. The largest absolute Gasteiger partial charge is 0.488 e. The number of benzene rings is 2. The van der Waals surface area contributed by atoms with Gasteiger partial charge in [-0.05, 0) is 74.0 Å². The van der Waals surface area contributed by atoms with Crippen LogP contribution in [0.3, 0.4) is 0 Å². The van der Waals surface area contributed by atoms with Crippen LogP contribution in [-0.4, -0.2) is 6.54 Å². The highest BCUT2D eigenvalue weighted by molar-refractivity contribution is 5.44. The van der Waals surface area contributed by atoms with Crippen LogP contribution < -0.4 is 10.5 Å².